The molecule has 0 aliphatic rings. The molecular formula is C21H26F3IN4O. The molecule has 0 aromatic heterocycles. The summed E-state index contributed by atoms with van der Waals surface area (Å²) in [7, 11) is 1.61. The maximum Gasteiger partial charge on any atom is 0.416 e. The molecule has 164 valence electrons. The van der Waals surface area contributed by atoms with E-state index in [9.17, 15) is 18.0 Å². The Kier molecular flexibility index (Phi) is 10.6. The van der Waals surface area contributed by atoms with Crippen LogP contribution in [0.3, 0.4) is 0 Å². The quantitative estimate of drug-likeness (QED) is 0.282. The van der Waals surface area contributed by atoms with Gasteiger partial charge in [-0.15, -0.1) is 24.0 Å². The minimum atomic E-state index is -4.34. The molecule has 2 aromatic carbocycles. The smallest absolute Gasteiger partial charge is 0.352 e. The summed E-state index contributed by atoms with van der Waals surface area (Å²) in [5.74, 6) is 0.393. The number of benzene rings is 2. The molecule has 0 heterocycles. The van der Waals surface area contributed by atoms with Crippen LogP contribution in [0.25, 0.3) is 0 Å². The predicted octanol–water partition coefficient (Wildman–Crippen LogP) is 4.33. The fourth-order valence-electron chi connectivity index (χ4n) is 2.57. The van der Waals surface area contributed by atoms with E-state index >= 15 is 0 Å². The number of alkyl halides is 3. The first-order valence-electron chi connectivity index (χ1n) is 9.31. The number of amides is 1. The van der Waals surface area contributed by atoms with Gasteiger partial charge in [0, 0.05) is 32.2 Å². The maximum atomic E-state index is 12.6. The summed E-state index contributed by atoms with van der Waals surface area (Å²) in [6.07, 6.45) is -3.47. The number of carbonyl (C=O) groups excluding carboxylic acids is 1. The summed E-state index contributed by atoms with van der Waals surface area (Å²) in [6.45, 7) is 3.39. The van der Waals surface area contributed by atoms with Crippen molar-refractivity contribution in [2.45, 2.75) is 32.6 Å². The zero-order valence-electron chi connectivity index (χ0n) is 16.8. The molecule has 0 unspecified atom stereocenters. The highest BCUT2D eigenvalue weighted by molar-refractivity contribution is 14.0. The molecule has 1 amide bonds. The fourth-order valence-corrected chi connectivity index (χ4v) is 2.57. The predicted molar refractivity (Wildman–Crippen MR) is 123 cm³/mol. The van der Waals surface area contributed by atoms with E-state index in [2.05, 4.69) is 20.9 Å². The molecule has 0 spiro atoms. The van der Waals surface area contributed by atoms with Crippen molar-refractivity contribution in [2.75, 3.05) is 13.6 Å². The molecular weight excluding hydrogens is 508 g/mol. The molecule has 0 saturated heterocycles. The molecule has 0 saturated carbocycles. The summed E-state index contributed by atoms with van der Waals surface area (Å²) in [5.41, 5.74) is 1.53. The van der Waals surface area contributed by atoms with Crippen molar-refractivity contribution in [2.24, 2.45) is 4.99 Å². The van der Waals surface area contributed by atoms with Crippen LogP contribution in [-0.2, 0) is 19.3 Å². The first kappa shape index (κ1) is 25.7. The van der Waals surface area contributed by atoms with Crippen LogP contribution >= 0.6 is 24.0 Å². The Bertz CT molecular complexity index is 839. The largest absolute Gasteiger partial charge is 0.416 e. The fraction of sp³-hybridized carbons (Fsp3) is 0.333. The zero-order valence-corrected chi connectivity index (χ0v) is 19.2. The van der Waals surface area contributed by atoms with Gasteiger partial charge >= 0.3 is 6.18 Å². The summed E-state index contributed by atoms with van der Waals surface area (Å²) in [6, 6.07) is 12.3. The number of guanidine groups is 1. The molecule has 0 radical (unpaired) electrons. The summed E-state index contributed by atoms with van der Waals surface area (Å²) < 4.78 is 37.9. The topological polar surface area (TPSA) is 65.5 Å². The number of nitrogens with zero attached hydrogens (tertiary/aromatic N) is 1. The highest BCUT2D eigenvalue weighted by Crippen LogP contribution is 2.29. The Morgan fingerprint density at radius 1 is 0.967 bits per heavy atom. The average molecular weight is 534 g/mol. The SMILES string of the molecule is CCCNC(=O)c1cccc(CNC(=NC)NCc2ccc(C(F)(F)F)cc2)c1.I. The van der Waals surface area contributed by atoms with Gasteiger partial charge in [0.25, 0.3) is 5.91 Å². The Morgan fingerprint density at radius 3 is 2.17 bits per heavy atom. The van der Waals surface area contributed by atoms with Crippen LogP contribution in [0.4, 0.5) is 13.2 Å². The Morgan fingerprint density at radius 2 is 1.60 bits per heavy atom. The van der Waals surface area contributed by atoms with Gasteiger partial charge in [0.2, 0.25) is 0 Å². The summed E-state index contributed by atoms with van der Waals surface area (Å²) in [4.78, 5) is 16.2. The van der Waals surface area contributed by atoms with E-state index in [4.69, 9.17) is 0 Å². The van der Waals surface area contributed by atoms with Crippen LogP contribution in [0.15, 0.2) is 53.5 Å². The Hall–Kier alpha value is -2.30. The number of hydrogen-bond acceptors (Lipinski definition) is 2. The lowest BCUT2D eigenvalue weighted by molar-refractivity contribution is -0.137. The minimum Gasteiger partial charge on any atom is -0.352 e. The van der Waals surface area contributed by atoms with Gasteiger partial charge in [-0.05, 0) is 41.8 Å². The van der Waals surface area contributed by atoms with Crippen molar-refractivity contribution in [1.82, 2.24) is 16.0 Å². The second kappa shape index (κ2) is 12.4. The summed E-state index contributed by atoms with van der Waals surface area (Å²) >= 11 is 0. The van der Waals surface area contributed by atoms with E-state index < -0.39 is 11.7 Å². The number of nitrogens with one attached hydrogen (secondary N) is 3. The van der Waals surface area contributed by atoms with Crippen molar-refractivity contribution in [1.29, 1.82) is 0 Å². The maximum absolute atomic E-state index is 12.6. The Balaban J connectivity index is 0.00000450. The molecule has 0 aliphatic heterocycles. The molecule has 3 N–H and O–H groups in total. The molecule has 9 heteroatoms. The van der Waals surface area contributed by atoms with Crippen molar-refractivity contribution in [3.63, 3.8) is 0 Å². The highest BCUT2D eigenvalue weighted by atomic mass is 127. The van der Waals surface area contributed by atoms with Gasteiger partial charge in [0.05, 0.1) is 5.56 Å². The van der Waals surface area contributed by atoms with Crippen molar-refractivity contribution in [3.8, 4) is 0 Å². The third-order valence-corrected chi connectivity index (χ3v) is 4.15. The third-order valence-electron chi connectivity index (χ3n) is 4.15. The van der Waals surface area contributed by atoms with Crippen LogP contribution in [0.5, 0.6) is 0 Å². The lowest BCUT2D eigenvalue weighted by atomic mass is 10.1. The average Bonchev–Trinajstić information content (AvgIpc) is 2.72. The van der Waals surface area contributed by atoms with E-state index in [1.807, 2.05) is 19.1 Å². The van der Waals surface area contributed by atoms with Crippen LogP contribution in [0, 0.1) is 0 Å². The van der Waals surface area contributed by atoms with E-state index in [0.29, 0.717) is 36.7 Å². The van der Waals surface area contributed by atoms with Gasteiger partial charge in [-0.2, -0.15) is 13.2 Å². The molecule has 0 aliphatic carbocycles. The number of carbonyl (C=O) groups is 1. The number of hydrogen-bond donors (Lipinski definition) is 3. The minimum absolute atomic E-state index is 0. The number of halogens is 4. The highest BCUT2D eigenvalue weighted by Gasteiger charge is 2.29. The van der Waals surface area contributed by atoms with Crippen LogP contribution in [0.2, 0.25) is 0 Å². The van der Waals surface area contributed by atoms with Crippen molar-refractivity contribution in [3.05, 3.63) is 70.8 Å². The monoisotopic (exact) mass is 534 g/mol. The van der Waals surface area contributed by atoms with E-state index in [1.54, 1.807) is 19.2 Å². The first-order chi connectivity index (χ1) is 13.8. The van der Waals surface area contributed by atoms with Gasteiger partial charge < -0.3 is 16.0 Å². The van der Waals surface area contributed by atoms with E-state index in [-0.39, 0.29) is 29.9 Å². The molecule has 0 atom stereocenters. The van der Waals surface area contributed by atoms with Gasteiger partial charge in [-0.3, -0.25) is 9.79 Å². The van der Waals surface area contributed by atoms with Crippen LogP contribution in [-0.4, -0.2) is 25.5 Å². The Labute approximate surface area is 191 Å². The van der Waals surface area contributed by atoms with Crippen LogP contribution in [0.1, 0.15) is 40.4 Å². The van der Waals surface area contributed by atoms with Gasteiger partial charge in [0.15, 0.2) is 5.96 Å². The lowest BCUT2D eigenvalue weighted by Crippen LogP contribution is -2.36. The van der Waals surface area contributed by atoms with Gasteiger partial charge in [0.1, 0.15) is 0 Å². The lowest BCUT2D eigenvalue weighted by Gasteiger charge is -2.13. The molecule has 0 fully saturated rings. The third kappa shape index (κ3) is 8.21. The molecule has 2 rings (SSSR count). The zero-order chi connectivity index (χ0) is 21.3. The molecule has 30 heavy (non-hydrogen) atoms. The van der Waals surface area contributed by atoms with Gasteiger partial charge in [-0.25, -0.2) is 0 Å². The summed E-state index contributed by atoms with van der Waals surface area (Å²) in [5, 5.41) is 9.02. The van der Waals surface area contributed by atoms with Gasteiger partial charge in [-0.1, -0.05) is 31.2 Å². The number of rotatable bonds is 7. The first-order valence-corrected chi connectivity index (χ1v) is 9.31. The molecule has 0 bridgehead atoms. The van der Waals surface area contributed by atoms with E-state index in [0.717, 1.165) is 24.1 Å². The standard InChI is InChI=1S/C21H25F3N4O.HI/c1-3-11-26-19(29)17-6-4-5-16(12-17)14-28-20(25-2)27-13-15-7-9-18(10-8-15)21(22,23)24;/h4-10,12H,3,11,13-14H2,1-2H3,(H,26,29)(H2,25,27,28);1H. The second-order valence-corrected chi connectivity index (χ2v) is 6.43. The second-order valence-electron chi connectivity index (χ2n) is 6.43. The molecule has 5 nitrogen and oxygen atoms in total. The molecule has 2 aromatic rings. The number of aliphatic imine (C=N–C) groups is 1. The van der Waals surface area contributed by atoms with Crippen molar-refractivity contribution < 1.29 is 18.0 Å². The van der Waals surface area contributed by atoms with Crippen molar-refractivity contribution >= 4 is 35.8 Å². The van der Waals surface area contributed by atoms with E-state index in [1.165, 1.54) is 12.1 Å². The van der Waals surface area contributed by atoms with Crippen LogP contribution < -0.4 is 16.0 Å². The normalized spacial score (nSPS) is 11.4.